The van der Waals surface area contributed by atoms with E-state index in [1.807, 2.05) is 12.1 Å². The Labute approximate surface area is 104 Å². The lowest BCUT2D eigenvalue weighted by molar-refractivity contribution is 0.199. The Morgan fingerprint density at radius 3 is 2.35 bits per heavy atom. The minimum absolute atomic E-state index is 0.411. The van der Waals surface area contributed by atoms with Gasteiger partial charge in [0.25, 0.3) is 0 Å². The SMILES string of the molecule is CC(C)CN(c1cc([C@@H](C)O)ccn1)C(C)C. The zero-order valence-corrected chi connectivity index (χ0v) is 11.5. The second-order valence-corrected chi connectivity index (χ2v) is 5.26. The number of aromatic nitrogens is 1. The molecule has 0 aliphatic carbocycles. The third-order valence-corrected chi connectivity index (χ3v) is 2.73. The monoisotopic (exact) mass is 236 g/mol. The van der Waals surface area contributed by atoms with Crippen LogP contribution in [0.15, 0.2) is 18.3 Å². The van der Waals surface area contributed by atoms with Crippen LogP contribution >= 0.6 is 0 Å². The zero-order valence-electron chi connectivity index (χ0n) is 11.5. The number of hydrogen-bond acceptors (Lipinski definition) is 3. The lowest BCUT2D eigenvalue weighted by Gasteiger charge is -2.30. The van der Waals surface area contributed by atoms with E-state index in [9.17, 15) is 5.11 Å². The van der Waals surface area contributed by atoms with Gasteiger partial charge in [-0.2, -0.15) is 0 Å². The second-order valence-electron chi connectivity index (χ2n) is 5.26. The lowest BCUT2D eigenvalue weighted by atomic mass is 10.1. The Morgan fingerprint density at radius 1 is 1.24 bits per heavy atom. The van der Waals surface area contributed by atoms with Crippen LogP contribution in [0.1, 0.15) is 46.3 Å². The molecule has 1 rings (SSSR count). The molecule has 1 heterocycles. The van der Waals surface area contributed by atoms with Crippen LogP contribution < -0.4 is 4.90 Å². The van der Waals surface area contributed by atoms with Crippen LogP contribution in [0, 0.1) is 5.92 Å². The fourth-order valence-electron chi connectivity index (χ4n) is 1.81. The molecule has 1 aromatic heterocycles. The Kier molecular flexibility index (Phi) is 4.94. The van der Waals surface area contributed by atoms with Gasteiger partial charge in [-0.05, 0) is 44.4 Å². The van der Waals surface area contributed by atoms with Gasteiger partial charge in [0, 0.05) is 18.8 Å². The molecule has 0 unspecified atom stereocenters. The summed E-state index contributed by atoms with van der Waals surface area (Å²) in [5, 5.41) is 9.60. The third kappa shape index (κ3) is 4.00. The number of aliphatic hydroxyl groups is 1. The zero-order chi connectivity index (χ0) is 13.0. The van der Waals surface area contributed by atoms with Crippen LogP contribution in [0.3, 0.4) is 0 Å². The molecule has 96 valence electrons. The standard InChI is InChI=1S/C14H24N2O/c1-10(2)9-16(11(3)4)14-8-13(12(5)17)6-7-15-14/h6-8,10-12,17H,9H2,1-5H3/t12-/m1/s1. The molecule has 0 fully saturated rings. The van der Waals surface area contributed by atoms with Crippen molar-refractivity contribution < 1.29 is 5.11 Å². The van der Waals surface area contributed by atoms with Crippen molar-refractivity contribution in [2.75, 3.05) is 11.4 Å². The Morgan fingerprint density at radius 2 is 1.88 bits per heavy atom. The van der Waals surface area contributed by atoms with Crippen LogP contribution in [0.2, 0.25) is 0 Å². The average molecular weight is 236 g/mol. The number of rotatable bonds is 5. The van der Waals surface area contributed by atoms with Gasteiger partial charge < -0.3 is 10.0 Å². The van der Waals surface area contributed by atoms with Crippen LogP contribution in [-0.2, 0) is 0 Å². The van der Waals surface area contributed by atoms with Crippen LogP contribution in [0.5, 0.6) is 0 Å². The van der Waals surface area contributed by atoms with E-state index in [0.29, 0.717) is 12.0 Å². The summed E-state index contributed by atoms with van der Waals surface area (Å²) in [5.41, 5.74) is 0.921. The molecule has 0 aliphatic heterocycles. The van der Waals surface area contributed by atoms with Gasteiger partial charge in [-0.15, -0.1) is 0 Å². The van der Waals surface area contributed by atoms with Gasteiger partial charge >= 0.3 is 0 Å². The molecule has 1 atom stereocenters. The Balaban J connectivity index is 2.97. The van der Waals surface area contributed by atoms with Crippen molar-refractivity contribution in [3.05, 3.63) is 23.9 Å². The first-order chi connectivity index (χ1) is 7.91. The molecule has 0 amide bonds. The van der Waals surface area contributed by atoms with Crippen molar-refractivity contribution in [3.63, 3.8) is 0 Å². The molecular weight excluding hydrogens is 212 g/mol. The highest BCUT2D eigenvalue weighted by atomic mass is 16.3. The first-order valence-corrected chi connectivity index (χ1v) is 6.32. The lowest BCUT2D eigenvalue weighted by Crippen LogP contribution is -2.34. The van der Waals surface area contributed by atoms with Crippen molar-refractivity contribution in [3.8, 4) is 0 Å². The number of hydrogen-bond donors (Lipinski definition) is 1. The maximum Gasteiger partial charge on any atom is 0.129 e. The van der Waals surface area contributed by atoms with E-state index in [1.165, 1.54) is 0 Å². The fourth-order valence-corrected chi connectivity index (χ4v) is 1.81. The minimum Gasteiger partial charge on any atom is -0.389 e. The maximum absolute atomic E-state index is 9.60. The first kappa shape index (κ1) is 14.0. The minimum atomic E-state index is -0.440. The number of nitrogens with zero attached hydrogens (tertiary/aromatic N) is 2. The predicted octanol–water partition coefficient (Wildman–Crippen LogP) is 3.01. The van der Waals surface area contributed by atoms with Gasteiger partial charge in [-0.1, -0.05) is 13.8 Å². The van der Waals surface area contributed by atoms with Crippen LogP contribution in [0.4, 0.5) is 5.82 Å². The summed E-state index contributed by atoms with van der Waals surface area (Å²) in [4.78, 5) is 6.69. The molecule has 0 saturated carbocycles. The summed E-state index contributed by atoms with van der Waals surface area (Å²) in [6.45, 7) is 11.5. The van der Waals surface area contributed by atoms with Crippen molar-refractivity contribution in [2.24, 2.45) is 5.92 Å². The van der Waals surface area contributed by atoms with Gasteiger partial charge in [0.1, 0.15) is 5.82 Å². The number of pyridine rings is 1. The van der Waals surface area contributed by atoms with Gasteiger partial charge in [-0.25, -0.2) is 4.98 Å². The Bertz CT molecular complexity index is 348. The van der Waals surface area contributed by atoms with Crippen LogP contribution in [0.25, 0.3) is 0 Å². The van der Waals surface area contributed by atoms with Gasteiger partial charge in [-0.3, -0.25) is 0 Å². The largest absolute Gasteiger partial charge is 0.389 e. The normalized spacial score (nSPS) is 13.2. The molecule has 0 aromatic carbocycles. The van der Waals surface area contributed by atoms with E-state index in [-0.39, 0.29) is 0 Å². The number of anilines is 1. The number of aliphatic hydroxyl groups excluding tert-OH is 1. The molecular formula is C14H24N2O. The summed E-state index contributed by atoms with van der Waals surface area (Å²) < 4.78 is 0. The first-order valence-electron chi connectivity index (χ1n) is 6.32. The van der Waals surface area contributed by atoms with Gasteiger partial charge in [0.15, 0.2) is 0 Å². The van der Waals surface area contributed by atoms with Gasteiger partial charge in [0.05, 0.1) is 6.10 Å². The molecule has 1 aromatic rings. The van der Waals surface area contributed by atoms with E-state index in [4.69, 9.17) is 0 Å². The highest BCUT2D eigenvalue weighted by molar-refractivity contribution is 5.42. The predicted molar refractivity (Wildman–Crippen MR) is 72.2 cm³/mol. The molecule has 3 heteroatoms. The summed E-state index contributed by atoms with van der Waals surface area (Å²) in [6, 6.07) is 4.25. The molecule has 0 spiro atoms. The van der Waals surface area contributed by atoms with Crippen molar-refractivity contribution >= 4 is 5.82 Å². The maximum atomic E-state index is 9.60. The summed E-state index contributed by atoms with van der Waals surface area (Å²) in [6.07, 6.45) is 1.33. The molecule has 0 radical (unpaired) electrons. The van der Waals surface area contributed by atoms with Crippen molar-refractivity contribution in [1.82, 2.24) is 4.98 Å². The van der Waals surface area contributed by atoms with Crippen molar-refractivity contribution in [2.45, 2.75) is 46.8 Å². The van der Waals surface area contributed by atoms with Crippen LogP contribution in [-0.4, -0.2) is 22.7 Å². The highest BCUT2D eigenvalue weighted by Crippen LogP contribution is 2.20. The van der Waals surface area contributed by atoms with E-state index in [1.54, 1.807) is 13.1 Å². The topological polar surface area (TPSA) is 36.4 Å². The Hall–Kier alpha value is -1.09. The highest BCUT2D eigenvalue weighted by Gasteiger charge is 2.14. The van der Waals surface area contributed by atoms with E-state index < -0.39 is 6.10 Å². The fraction of sp³-hybridized carbons (Fsp3) is 0.643. The van der Waals surface area contributed by atoms with E-state index in [0.717, 1.165) is 17.9 Å². The smallest absolute Gasteiger partial charge is 0.129 e. The molecule has 17 heavy (non-hydrogen) atoms. The molecule has 3 nitrogen and oxygen atoms in total. The average Bonchev–Trinajstić information content (AvgIpc) is 2.25. The summed E-state index contributed by atoms with van der Waals surface area (Å²) in [5.74, 6) is 1.54. The quantitative estimate of drug-likeness (QED) is 0.853. The summed E-state index contributed by atoms with van der Waals surface area (Å²) in [7, 11) is 0. The van der Waals surface area contributed by atoms with Crippen molar-refractivity contribution in [1.29, 1.82) is 0 Å². The molecule has 0 saturated heterocycles. The molecule has 0 aliphatic rings. The van der Waals surface area contributed by atoms with Gasteiger partial charge in [0.2, 0.25) is 0 Å². The van der Waals surface area contributed by atoms with E-state index >= 15 is 0 Å². The third-order valence-electron chi connectivity index (χ3n) is 2.73. The molecule has 1 N–H and O–H groups in total. The molecule has 0 bridgehead atoms. The second kappa shape index (κ2) is 6.01. The van der Waals surface area contributed by atoms with E-state index in [2.05, 4.69) is 37.6 Å². The summed E-state index contributed by atoms with van der Waals surface area (Å²) >= 11 is 0.